The number of nitrogens with zero attached hydrogens (tertiary/aromatic N) is 3. The molecule has 8 rings (SSSR count). The minimum atomic E-state index is -2.12. The molecule has 0 unspecified atom stereocenters. The third kappa shape index (κ3) is 11.9. The van der Waals surface area contributed by atoms with Crippen LogP contribution in [0.1, 0.15) is 70.0 Å². The minimum absolute atomic E-state index is 0.00702. The normalized spacial score (nSPS) is 27.5. The first-order valence-corrected chi connectivity index (χ1v) is 24.9. The summed E-state index contributed by atoms with van der Waals surface area (Å²) in [6, 6.07) is 17.3. The molecule has 2 amide bonds. The lowest BCUT2D eigenvalue weighted by Gasteiger charge is -2.38. The van der Waals surface area contributed by atoms with Crippen LogP contribution < -0.4 is 25.1 Å². The quantitative estimate of drug-likeness (QED) is 0.0298. The van der Waals surface area contributed by atoms with Crippen LogP contribution in [0.25, 0.3) is 10.8 Å². The Bertz CT molecular complexity index is 2900. The molecule has 4 aliphatic rings. The van der Waals surface area contributed by atoms with Crippen molar-refractivity contribution in [3.8, 4) is 34.5 Å². The molecule has 0 aromatic heterocycles. The number of ether oxygens (including phenoxy) is 5. The Balaban J connectivity index is 1.19. The van der Waals surface area contributed by atoms with Gasteiger partial charge in [0.2, 0.25) is 0 Å². The Labute approximate surface area is 435 Å². The number of carbonyl (C=O) groups excluding carboxylic acids is 4. The molecular formula is C56H67N5O14. The van der Waals surface area contributed by atoms with E-state index in [1.165, 1.54) is 53.2 Å². The van der Waals surface area contributed by atoms with Gasteiger partial charge >= 0.3 is 11.8 Å². The molecule has 0 radical (unpaired) electrons. The molecule has 0 saturated carbocycles. The van der Waals surface area contributed by atoms with E-state index in [0.717, 1.165) is 17.7 Å². The van der Waals surface area contributed by atoms with Gasteiger partial charge in [0.05, 0.1) is 59.5 Å². The Morgan fingerprint density at radius 3 is 2.19 bits per heavy atom. The number of phenols is 3. The van der Waals surface area contributed by atoms with Crippen molar-refractivity contribution < 1.29 is 68.4 Å². The monoisotopic (exact) mass is 1030 g/mol. The van der Waals surface area contributed by atoms with Crippen LogP contribution in [-0.2, 0) is 28.6 Å². The molecule has 7 N–H and O–H groups in total. The second kappa shape index (κ2) is 23.4. The second-order valence-corrected chi connectivity index (χ2v) is 19.6. The molecule has 5 bridgehead atoms. The van der Waals surface area contributed by atoms with Crippen molar-refractivity contribution in [2.75, 3.05) is 50.1 Å². The Hall–Kier alpha value is -7.45. The number of amides is 2. The van der Waals surface area contributed by atoms with Gasteiger partial charge in [-0.1, -0.05) is 64.1 Å². The molecule has 400 valence electrons. The average molecular weight is 1030 g/mol. The molecule has 75 heavy (non-hydrogen) atoms. The molecule has 1 saturated heterocycles. The molecule has 0 aliphatic carbocycles. The van der Waals surface area contributed by atoms with Gasteiger partial charge in [-0.15, -0.1) is 0 Å². The van der Waals surface area contributed by atoms with Gasteiger partial charge in [-0.2, -0.15) is 5.10 Å². The van der Waals surface area contributed by atoms with E-state index in [2.05, 4.69) is 20.7 Å². The summed E-state index contributed by atoms with van der Waals surface area (Å²) in [4.78, 5) is 58.5. The van der Waals surface area contributed by atoms with Crippen LogP contribution in [-0.4, -0.2) is 130 Å². The number of aliphatic hydroxyl groups excluding tert-OH is 2. The van der Waals surface area contributed by atoms with E-state index in [1.807, 2.05) is 59.5 Å². The van der Waals surface area contributed by atoms with Crippen LogP contribution >= 0.6 is 0 Å². The lowest BCUT2D eigenvalue weighted by molar-refractivity contribution is -0.160. The highest BCUT2D eigenvalue weighted by Gasteiger charge is 2.50. The fraction of sp³-hybridized carbons (Fsp3) is 0.411. The highest BCUT2D eigenvalue weighted by molar-refractivity contribution is 6.24. The number of aromatic hydroxyl groups is 3. The van der Waals surface area contributed by atoms with E-state index in [1.54, 1.807) is 39.8 Å². The lowest BCUT2D eigenvalue weighted by atomic mass is 9.78. The maximum Gasteiger partial charge on any atom is 0.312 e. The minimum Gasteiger partial charge on any atom is -0.507 e. The first-order chi connectivity index (χ1) is 35.6. The van der Waals surface area contributed by atoms with E-state index < -0.39 is 106 Å². The van der Waals surface area contributed by atoms with E-state index in [9.17, 15) is 44.7 Å². The SMILES string of the molecule is CO[C@H]1/C=C/O[C@@]2(C)Oc3c(C)c(O)c4c(O)c(c(/C=N/NC(=O)CN5CCN(c6ccc(Oc7ccccc7)cc6)CC5)c(O)c4c3C2=O)NC(=O)/C(C)=C\C=C\[C@H](C)[C@H](O)[C@@H](C)[C@@H](O)[C@@H](C)[C@H](OC(C)=O)[C@@H]1C. The van der Waals surface area contributed by atoms with Crippen molar-refractivity contribution in [2.24, 2.45) is 28.8 Å². The van der Waals surface area contributed by atoms with Crippen LogP contribution in [0.5, 0.6) is 34.5 Å². The van der Waals surface area contributed by atoms with E-state index in [0.29, 0.717) is 31.9 Å². The van der Waals surface area contributed by atoms with Gasteiger partial charge in [0.25, 0.3) is 17.6 Å². The van der Waals surface area contributed by atoms with Gasteiger partial charge in [-0.3, -0.25) is 24.1 Å². The van der Waals surface area contributed by atoms with Crippen molar-refractivity contribution in [1.82, 2.24) is 10.3 Å². The third-order valence-electron chi connectivity index (χ3n) is 14.3. The van der Waals surface area contributed by atoms with Gasteiger partial charge in [0.1, 0.15) is 34.9 Å². The van der Waals surface area contributed by atoms with E-state index >= 15 is 0 Å². The summed E-state index contributed by atoms with van der Waals surface area (Å²) in [6.07, 6.45) is 4.23. The number of rotatable bonds is 9. The topological polar surface area (TPSA) is 258 Å². The number of aliphatic hydroxyl groups is 2. The van der Waals surface area contributed by atoms with Crippen molar-refractivity contribution in [1.29, 1.82) is 0 Å². The van der Waals surface area contributed by atoms with Crippen molar-refractivity contribution >= 4 is 51.9 Å². The fourth-order valence-electron chi connectivity index (χ4n) is 9.79. The van der Waals surface area contributed by atoms with Crippen LogP contribution in [0.15, 0.2) is 95.8 Å². The summed E-state index contributed by atoms with van der Waals surface area (Å²) >= 11 is 0. The molecule has 9 atom stereocenters. The number of esters is 1. The summed E-state index contributed by atoms with van der Waals surface area (Å²) < 4.78 is 29.6. The Morgan fingerprint density at radius 2 is 1.53 bits per heavy atom. The van der Waals surface area contributed by atoms with Crippen molar-refractivity contribution in [3.05, 3.63) is 107 Å². The summed E-state index contributed by atoms with van der Waals surface area (Å²) in [5.41, 5.74) is 2.53. The number of nitrogens with one attached hydrogen (secondary N) is 2. The lowest BCUT2D eigenvalue weighted by Crippen LogP contribution is -2.49. The number of piperazine rings is 1. The number of para-hydroxylation sites is 1. The summed E-state index contributed by atoms with van der Waals surface area (Å²) in [5.74, 6) is -8.26. The predicted molar refractivity (Wildman–Crippen MR) is 281 cm³/mol. The number of methoxy groups -OCH3 is 1. The number of hydrogen-bond acceptors (Lipinski definition) is 17. The smallest absolute Gasteiger partial charge is 0.312 e. The molecule has 19 heteroatoms. The maximum absolute atomic E-state index is 14.6. The highest BCUT2D eigenvalue weighted by atomic mass is 16.7. The van der Waals surface area contributed by atoms with Crippen molar-refractivity contribution in [3.63, 3.8) is 0 Å². The highest BCUT2D eigenvalue weighted by Crippen LogP contribution is 2.55. The van der Waals surface area contributed by atoms with Crippen LogP contribution in [0.3, 0.4) is 0 Å². The van der Waals surface area contributed by atoms with Crippen LogP contribution in [0.4, 0.5) is 11.4 Å². The maximum atomic E-state index is 14.6. The molecule has 0 spiro atoms. The average Bonchev–Trinajstić information content (AvgIpc) is 3.66. The number of benzene rings is 4. The molecular weight excluding hydrogens is 967 g/mol. The largest absolute Gasteiger partial charge is 0.507 e. The summed E-state index contributed by atoms with van der Waals surface area (Å²) in [7, 11) is 1.42. The zero-order chi connectivity index (χ0) is 54.5. The summed E-state index contributed by atoms with van der Waals surface area (Å²) in [6.45, 7) is 14.7. The Morgan fingerprint density at radius 1 is 0.867 bits per heavy atom. The Kier molecular flexibility index (Phi) is 17.3. The number of phenolic OH excluding ortho intramolecular Hbond substituents is 3. The zero-order valence-corrected chi connectivity index (χ0v) is 43.6. The molecule has 4 heterocycles. The number of allylic oxidation sites excluding steroid dienone is 2. The van der Waals surface area contributed by atoms with Gasteiger partial charge in [0, 0.05) is 93.0 Å². The number of Topliss-reactive ketones (excluding diaryl/α,β-unsaturated/α-hetero) is 1. The number of hydrogen-bond donors (Lipinski definition) is 7. The molecule has 4 aromatic rings. The number of hydrazone groups is 1. The number of ketones is 1. The van der Waals surface area contributed by atoms with E-state index in [4.69, 9.17) is 23.7 Å². The van der Waals surface area contributed by atoms with Gasteiger partial charge in [-0.25, -0.2) is 5.43 Å². The molecule has 4 aliphatic heterocycles. The van der Waals surface area contributed by atoms with Crippen LogP contribution in [0.2, 0.25) is 0 Å². The van der Waals surface area contributed by atoms with Gasteiger partial charge in [0.15, 0.2) is 5.75 Å². The molecule has 19 nitrogen and oxygen atoms in total. The van der Waals surface area contributed by atoms with Crippen LogP contribution in [0, 0.1) is 30.6 Å². The van der Waals surface area contributed by atoms with Crippen molar-refractivity contribution in [2.45, 2.75) is 85.6 Å². The van der Waals surface area contributed by atoms with E-state index in [-0.39, 0.29) is 39.9 Å². The standard InChI is InChI=1S/C56H67N5O14/c1-30-14-13-15-31(2)55(70)58-46-40(28-57-59-42(63)29-60-23-25-61(26-24-60)37-18-20-39(21-19-37)74-38-16-11-10-12-17-38)50(67)43-44(51(46)68)49(66)35(6)53-45(43)54(69)56(8,75-53)72-27-22-41(71-9)32(3)52(73-36(7)62)34(5)48(65)33(4)47(30)64/h10-22,27-28,30,32-34,41,47-48,52,64-68H,23-26,29H2,1-9H3,(H,58,70)(H,59,63)/b14-13+,27-22+,31-15-,57-28+/t30-,32+,33+,34+,41-,47-,48+,52+,56-/m0/s1. The predicted octanol–water partition coefficient (Wildman–Crippen LogP) is 6.82. The molecule has 1 fully saturated rings. The fourth-order valence-corrected chi connectivity index (χ4v) is 9.79. The summed E-state index contributed by atoms with van der Waals surface area (Å²) in [5, 5.41) is 65.0. The second-order valence-electron chi connectivity index (χ2n) is 19.6. The number of anilines is 2. The first-order valence-electron chi connectivity index (χ1n) is 24.9. The van der Waals surface area contributed by atoms with Gasteiger partial charge in [-0.05, 0) is 56.3 Å². The number of carbonyl (C=O) groups is 4. The number of fused-ring (bicyclic) bond motifs is 14. The first kappa shape index (κ1) is 55.3. The zero-order valence-electron chi connectivity index (χ0n) is 43.6. The third-order valence-corrected chi connectivity index (χ3v) is 14.3. The van der Waals surface area contributed by atoms with Gasteiger partial charge < -0.3 is 59.4 Å². The molecule has 4 aromatic carbocycles.